The number of aliphatic hydroxyl groups excluding tert-OH is 2. The number of rotatable bonds is 3. The van der Waals surface area contributed by atoms with E-state index in [9.17, 15) is 10.2 Å². The molecule has 1 aliphatic heterocycles. The Morgan fingerprint density at radius 3 is 2.50 bits per heavy atom. The number of ether oxygens (including phenoxy) is 2. The highest BCUT2D eigenvalue weighted by molar-refractivity contribution is 7.99. The Bertz CT molecular complexity index is 369. The summed E-state index contributed by atoms with van der Waals surface area (Å²) in [7, 11) is 1.63. The molecule has 0 aliphatic carbocycles. The summed E-state index contributed by atoms with van der Waals surface area (Å²) in [6, 6.07) is 7.68. The van der Waals surface area contributed by atoms with Gasteiger partial charge in [-0.15, -0.1) is 0 Å². The molecule has 0 spiro atoms. The first-order valence-electron chi connectivity index (χ1n) is 5.92. The van der Waals surface area contributed by atoms with Gasteiger partial charge in [0.1, 0.15) is 17.3 Å². The molecule has 2 rings (SSSR count). The van der Waals surface area contributed by atoms with E-state index >= 15 is 0 Å². The standard InChI is InChI=1S/C13H18O4S/c1-8-13(15)11(14)7-12(17-8)18-10-5-3-9(16-2)4-6-10/h3-6,8,11-15H,7H2,1-2H3/t8-,11-,12+,13+/m1/s1. The molecule has 18 heavy (non-hydrogen) atoms. The van der Waals surface area contributed by atoms with Gasteiger partial charge < -0.3 is 19.7 Å². The molecule has 2 N–H and O–H groups in total. The van der Waals surface area contributed by atoms with Crippen molar-refractivity contribution < 1.29 is 19.7 Å². The molecule has 1 saturated heterocycles. The zero-order valence-electron chi connectivity index (χ0n) is 10.4. The van der Waals surface area contributed by atoms with E-state index in [4.69, 9.17) is 9.47 Å². The Kier molecular flexibility index (Phi) is 4.50. The van der Waals surface area contributed by atoms with E-state index in [2.05, 4.69) is 0 Å². The first-order valence-corrected chi connectivity index (χ1v) is 6.80. The SMILES string of the molecule is COc1ccc(S[C@H]2C[C@@H](O)[C@@H](O)[C@@H](C)O2)cc1. The van der Waals surface area contributed by atoms with Crippen LogP contribution in [-0.2, 0) is 4.74 Å². The average Bonchev–Trinajstić information content (AvgIpc) is 2.37. The topological polar surface area (TPSA) is 58.9 Å². The molecule has 5 heteroatoms. The van der Waals surface area contributed by atoms with E-state index in [-0.39, 0.29) is 11.5 Å². The zero-order valence-corrected chi connectivity index (χ0v) is 11.3. The highest BCUT2D eigenvalue weighted by Crippen LogP contribution is 2.33. The van der Waals surface area contributed by atoms with Crippen molar-refractivity contribution in [3.63, 3.8) is 0 Å². The van der Waals surface area contributed by atoms with Gasteiger partial charge in [-0.05, 0) is 31.2 Å². The lowest BCUT2D eigenvalue weighted by Gasteiger charge is -2.35. The van der Waals surface area contributed by atoms with E-state index in [0.717, 1.165) is 10.6 Å². The van der Waals surface area contributed by atoms with Gasteiger partial charge in [0.15, 0.2) is 0 Å². The largest absolute Gasteiger partial charge is 0.497 e. The molecule has 0 radical (unpaired) electrons. The number of benzene rings is 1. The van der Waals surface area contributed by atoms with Crippen LogP contribution in [0.5, 0.6) is 5.75 Å². The molecule has 4 atom stereocenters. The zero-order chi connectivity index (χ0) is 13.1. The average molecular weight is 270 g/mol. The smallest absolute Gasteiger partial charge is 0.118 e. The minimum Gasteiger partial charge on any atom is -0.497 e. The Morgan fingerprint density at radius 1 is 1.28 bits per heavy atom. The quantitative estimate of drug-likeness (QED) is 0.874. The number of methoxy groups -OCH3 is 1. The van der Waals surface area contributed by atoms with E-state index < -0.39 is 12.2 Å². The summed E-state index contributed by atoms with van der Waals surface area (Å²) in [4.78, 5) is 1.05. The molecule has 0 aromatic heterocycles. The van der Waals surface area contributed by atoms with Crippen LogP contribution in [0.2, 0.25) is 0 Å². The molecule has 0 amide bonds. The second-order valence-electron chi connectivity index (χ2n) is 4.36. The maximum atomic E-state index is 9.72. The summed E-state index contributed by atoms with van der Waals surface area (Å²) in [5, 5.41) is 19.3. The van der Waals surface area contributed by atoms with Gasteiger partial charge >= 0.3 is 0 Å². The van der Waals surface area contributed by atoms with Crippen molar-refractivity contribution in [3.8, 4) is 5.75 Å². The summed E-state index contributed by atoms with van der Waals surface area (Å²) in [6.07, 6.45) is -1.42. The van der Waals surface area contributed by atoms with Gasteiger partial charge in [0, 0.05) is 11.3 Å². The second kappa shape index (κ2) is 5.93. The van der Waals surface area contributed by atoms with Gasteiger partial charge in [0.25, 0.3) is 0 Å². The first-order chi connectivity index (χ1) is 8.60. The normalized spacial score (nSPS) is 32.2. The molecular formula is C13H18O4S. The van der Waals surface area contributed by atoms with Gasteiger partial charge in [-0.3, -0.25) is 0 Å². The van der Waals surface area contributed by atoms with Crippen LogP contribution < -0.4 is 4.74 Å². The molecule has 1 aromatic rings. The minimum atomic E-state index is -0.794. The van der Waals surface area contributed by atoms with Crippen LogP contribution in [0.15, 0.2) is 29.2 Å². The molecule has 4 nitrogen and oxygen atoms in total. The molecule has 0 bridgehead atoms. The van der Waals surface area contributed by atoms with Crippen LogP contribution in [-0.4, -0.2) is 41.1 Å². The van der Waals surface area contributed by atoms with Gasteiger partial charge in [-0.1, -0.05) is 11.8 Å². The van der Waals surface area contributed by atoms with Crippen LogP contribution in [0.1, 0.15) is 13.3 Å². The van der Waals surface area contributed by atoms with E-state index in [0.29, 0.717) is 6.42 Å². The van der Waals surface area contributed by atoms with Crippen LogP contribution in [0, 0.1) is 0 Å². The van der Waals surface area contributed by atoms with Crippen molar-refractivity contribution >= 4 is 11.8 Å². The fourth-order valence-electron chi connectivity index (χ4n) is 1.91. The Hall–Kier alpha value is -0.750. The van der Waals surface area contributed by atoms with Crippen molar-refractivity contribution in [2.45, 2.75) is 42.0 Å². The third-order valence-electron chi connectivity index (χ3n) is 3.00. The molecule has 1 aliphatic rings. The molecule has 0 saturated carbocycles. The molecule has 1 heterocycles. The van der Waals surface area contributed by atoms with Crippen LogP contribution in [0.25, 0.3) is 0 Å². The molecule has 100 valence electrons. The van der Waals surface area contributed by atoms with E-state index in [1.54, 1.807) is 25.8 Å². The molecule has 0 unspecified atom stereocenters. The number of hydrogen-bond donors (Lipinski definition) is 2. The summed E-state index contributed by atoms with van der Waals surface area (Å²) in [6.45, 7) is 1.77. The van der Waals surface area contributed by atoms with Crippen LogP contribution in [0.4, 0.5) is 0 Å². The second-order valence-corrected chi connectivity index (χ2v) is 5.59. The first kappa shape index (κ1) is 13.7. The number of thioether (sulfide) groups is 1. The molecule has 1 fully saturated rings. The predicted octanol–water partition coefficient (Wildman–Crippen LogP) is 1.64. The fraction of sp³-hybridized carbons (Fsp3) is 0.538. The summed E-state index contributed by atoms with van der Waals surface area (Å²) < 4.78 is 10.7. The lowest BCUT2D eigenvalue weighted by atomic mass is 10.0. The maximum Gasteiger partial charge on any atom is 0.118 e. The molecule has 1 aromatic carbocycles. The third-order valence-corrected chi connectivity index (χ3v) is 4.11. The predicted molar refractivity (Wildman–Crippen MR) is 69.8 cm³/mol. The van der Waals surface area contributed by atoms with Crippen molar-refractivity contribution in [2.24, 2.45) is 0 Å². The highest BCUT2D eigenvalue weighted by Gasteiger charge is 2.34. The van der Waals surface area contributed by atoms with Crippen molar-refractivity contribution in [1.82, 2.24) is 0 Å². The lowest BCUT2D eigenvalue weighted by molar-refractivity contribution is -0.137. The maximum absolute atomic E-state index is 9.72. The van der Waals surface area contributed by atoms with Crippen LogP contribution >= 0.6 is 11.8 Å². The minimum absolute atomic E-state index is 0.133. The van der Waals surface area contributed by atoms with E-state index in [1.807, 2.05) is 24.3 Å². The van der Waals surface area contributed by atoms with Crippen molar-refractivity contribution in [1.29, 1.82) is 0 Å². The lowest BCUT2D eigenvalue weighted by Crippen LogP contribution is -2.45. The number of hydrogen-bond acceptors (Lipinski definition) is 5. The summed E-state index contributed by atoms with van der Waals surface area (Å²) in [5.74, 6) is 0.813. The summed E-state index contributed by atoms with van der Waals surface area (Å²) >= 11 is 1.54. The van der Waals surface area contributed by atoms with Crippen LogP contribution in [0.3, 0.4) is 0 Å². The highest BCUT2D eigenvalue weighted by atomic mass is 32.2. The Balaban J connectivity index is 1.96. The van der Waals surface area contributed by atoms with Gasteiger partial charge in [0.05, 0.1) is 19.3 Å². The third kappa shape index (κ3) is 3.17. The van der Waals surface area contributed by atoms with Gasteiger partial charge in [0.2, 0.25) is 0 Å². The monoisotopic (exact) mass is 270 g/mol. The Labute approximate surface area is 111 Å². The molecular weight excluding hydrogens is 252 g/mol. The fourth-order valence-corrected chi connectivity index (χ4v) is 3.03. The van der Waals surface area contributed by atoms with Gasteiger partial charge in [-0.2, -0.15) is 0 Å². The van der Waals surface area contributed by atoms with E-state index in [1.165, 1.54) is 0 Å². The Morgan fingerprint density at radius 2 is 1.94 bits per heavy atom. The summed E-state index contributed by atoms with van der Waals surface area (Å²) in [5.41, 5.74) is -0.133. The number of aliphatic hydroxyl groups is 2. The van der Waals surface area contributed by atoms with Crippen molar-refractivity contribution in [3.05, 3.63) is 24.3 Å². The van der Waals surface area contributed by atoms with Gasteiger partial charge in [-0.25, -0.2) is 0 Å². The van der Waals surface area contributed by atoms with Crippen molar-refractivity contribution in [2.75, 3.05) is 7.11 Å².